The molecule has 1 aliphatic heterocycles. The Kier molecular flexibility index (Phi) is 6.31. The van der Waals surface area contributed by atoms with Crippen LogP contribution in [0.25, 0.3) is 0 Å². The van der Waals surface area contributed by atoms with Crippen molar-refractivity contribution in [2.45, 2.75) is 58.0 Å². The first-order chi connectivity index (χ1) is 9.65. The lowest BCUT2D eigenvalue weighted by Gasteiger charge is -2.46. The first-order valence-electron chi connectivity index (χ1n) is 8.56. The molecule has 0 aromatic carbocycles. The van der Waals surface area contributed by atoms with Gasteiger partial charge in [0.15, 0.2) is 0 Å². The smallest absolute Gasteiger partial charge is 0.0491 e. The van der Waals surface area contributed by atoms with Crippen molar-refractivity contribution in [3.8, 4) is 0 Å². The second-order valence-corrected chi connectivity index (χ2v) is 7.21. The molecule has 0 radical (unpaired) electrons. The number of ether oxygens (including phenoxy) is 1. The molecule has 3 heteroatoms. The van der Waals surface area contributed by atoms with Crippen LogP contribution in [0, 0.1) is 17.8 Å². The fraction of sp³-hybridized carbons (Fsp3) is 1.00. The molecule has 3 unspecified atom stereocenters. The lowest BCUT2D eigenvalue weighted by Crippen LogP contribution is -2.55. The van der Waals surface area contributed by atoms with Gasteiger partial charge in [-0.05, 0) is 70.0 Å². The Morgan fingerprint density at radius 3 is 2.40 bits per heavy atom. The van der Waals surface area contributed by atoms with Crippen LogP contribution in [-0.2, 0) is 4.74 Å². The molecule has 0 amide bonds. The number of hydrogen-bond acceptors (Lipinski definition) is 3. The zero-order valence-corrected chi connectivity index (χ0v) is 13.9. The predicted molar refractivity (Wildman–Crippen MR) is 85.0 cm³/mol. The van der Waals surface area contributed by atoms with Gasteiger partial charge in [0, 0.05) is 25.8 Å². The summed E-state index contributed by atoms with van der Waals surface area (Å²) in [4.78, 5) is 2.77. The number of nitrogens with one attached hydrogen (secondary N) is 1. The minimum atomic E-state index is 0.698. The molecule has 2 aliphatic rings. The van der Waals surface area contributed by atoms with Crippen LogP contribution in [0.2, 0.25) is 0 Å². The van der Waals surface area contributed by atoms with Crippen LogP contribution < -0.4 is 5.32 Å². The second kappa shape index (κ2) is 7.77. The van der Waals surface area contributed by atoms with E-state index in [-0.39, 0.29) is 0 Å². The van der Waals surface area contributed by atoms with Gasteiger partial charge in [-0.25, -0.2) is 0 Å². The summed E-state index contributed by atoms with van der Waals surface area (Å²) in [7, 11) is 3.98. The van der Waals surface area contributed by atoms with Crippen LogP contribution in [0.5, 0.6) is 0 Å². The standard InChI is InChI=1S/C17H34N2O/c1-13(2)15-5-6-16(18-3)17(11-15)19-9-7-14(8-10-19)12-20-4/h13-18H,5-12H2,1-4H3. The zero-order valence-electron chi connectivity index (χ0n) is 13.9. The van der Waals surface area contributed by atoms with Crippen molar-refractivity contribution in [2.24, 2.45) is 17.8 Å². The average Bonchev–Trinajstić information content (AvgIpc) is 2.47. The summed E-state index contributed by atoms with van der Waals surface area (Å²) in [6.45, 7) is 8.27. The number of rotatable bonds is 5. The van der Waals surface area contributed by atoms with Gasteiger partial charge in [-0.3, -0.25) is 4.90 Å². The van der Waals surface area contributed by atoms with Crippen molar-refractivity contribution >= 4 is 0 Å². The first-order valence-corrected chi connectivity index (χ1v) is 8.56. The number of hydrogen-bond donors (Lipinski definition) is 1. The Morgan fingerprint density at radius 2 is 1.85 bits per heavy atom. The second-order valence-electron chi connectivity index (χ2n) is 7.21. The van der Waals surface area contributed by atoms with E-state index in [4.69, 9.17) is 4.74 Å². The summed E-state index contributed by atoms with van der Waals surface area (Å²) in [6, 6.07) is 1.45. The van der Waals surface area contributed by atoms with Gasteiger partial charge in [-0.15, -0.1) is 0 Å². The molecule has 0 aromatic rings. The fourth-order valence-corrected chi connectivity index (χ4v) is 4.21. The molecule has 1 N–H and O–H groups in total. The van der Waals surface area contributed by atoms with E-state index < -0.39 is 0 Å². The first kappa shape index (κ1) is 16.3. The van der Waals surface area contributed by atoms with Crippen LogP contribution in [0.4, 0.5) is 0 Å². The van der Waals surface area contributed by atoms with E-state index in [2.05, 4.69) is 31.1 Å². The molecule has 118 valence electrons. The Morgan fingerprint density at radius 1 is 1.15 bits per heavy atom. The summed E-state index contributed by atoms with van der Waals surface area (Å²) < 4.78 is 5.32. The maximum atomic E-state index is 5.32. The highest BCUT2D eigenvalue weighted by molar-refractivity contribution is 4.92. The van der Waals surface area contributed by atoms with Crippen LogP contribution in [0.3, 0.4) is 0 Å². The van der Waals surface area contributed by atoms with E-state index in [1.165, 1.54) is 45.2 Å². The minimum Gasteiger partial charge on any atom is -0.384 e. The van der Waals surface area contributed by atoms with E-state index in [0.717, 1.165) is 30.4 Å². The van der Waals surface area contributed by atoms with Gasteiger partial charge in [0.2, 0.25) is 0 Å². The van der Waals surface area contributed by atoms with Crippen molar-refractivity contribution in [1.82, 2.24) is 10.2 Å². The van der Waals surface area contributed by atoms with E-state index in [1.54, 1.807) is 0 Å². The topological polar surface area (TPSA) is 24.5 Å². The molecule has 1 heterocycles. The number of nitrogens with zero attached hydrogens (tertiary/aromatic N) is 1. The average molecular weight is 282 g/mol. The molecule has 1 saturated carbocycles. The molecule has 20 heavy (non-hydrogen) atoms. The van der Waals surface area contributed by atoms with Crippen LogP contribution in [0.1, 0.15) is 46.0 Å². The van der Waals surface area contributed by atoms with Gasteiger partial charge in [0.25, 0.3) is 0 Å². The summed E-state index contributed by atoms with van der Waals surface area (Å²) >= 11 is 0. The quantitative estimate of drug-likeness (QED) is 0.839. The van der Waals surface area contributed by atoms with Crippen molar-refractivity contribution < 1.29 is 4.74 Å². The predicted octanol–water partition coefficient (Wildman–Crippen LogP) is 2.76. The van der Waals surface area contributed by atoms with Gasteiger partial charge in [0.05, 0.1) is 0 Å². The van der Waals surface area contributed by atoms with E-state index in [1.807, 2.05) is 7.11 Å². The van der Waals surface area contributed by atoms with Crippen molar-refractivity contribution in [3.05, 3.63) is 0 Å². The molecule has 0 bridgehead atoms. The Hall–Kier alpha value is -0.120. The fourth-order valence-electron chi connectivity index (χ4n) is 4.21. The third kappa shape index (κ3) is 3.96. The molecule has 0 aromatic heterocycles. The largest absolute Gasteiger partial charge is 0.384 e. The van der Waals surface area contributed by atoms with E-state index in [0.29, 0.717) is 6.04 Å². The highest BCUT2D eigenvalue weighted by Crippen LogP contribution is 2.34. The van der Waals surface area contributed by atoms with Gasteiger partial charge in [-0.1, -0.05) is 13.8 Å². The van der Waals surface area contributed by atoms with Crippen molar-refractivity contribution in [2.75, 3.05) is 33.9 Å². The van der Waals surface area contributed by atoms with Crippen LogP contribution in [0.15, 0.2) is 0 Å². The third-order valence-electron chi connectivity index (χ3n) is 5.69. The lowest BCUT2D eigenvalue weighted by atomic mass is 9.76. The summed E-state index contributed by atoms with van der Waals surface area (Å²) in [6.07, 6.45) is 6.76. The van der Waals surface area contributed by atoms with Gasteiger partial charge in [0.1, 0.15) is 0 Å². The Bertz CT molecular complexity index is 274. The van der Waals surface area contributed by atoms with Gasteiger partial charge >= 0.3 is 0 Å². The molecule has 3 atom stereocenters. The molecule has 3 nitrogen and oxygen atoms in total. The molecule has 2 rings (SSSR count). The summed E-state index contributed by atoms with van der Waals surface area (Å²) in [5, 5.41) is 3.58. The number of methoxy groups -OCH3 is 1. The van der Waals surface area contributed by atoms with Crippen molar-refractivity contribution in [3.63, 3.8) is 0 Å². The molecule has 1 aliphatic carbocycles. The van der Waals surface area contributed by atoms with E-state index >= 15 is 0 Å². The Labute approximate surface area is 125 Å². The number of likely N-dealkylation sites (N-methyl/N-ethyl adjacent to an activating group) is 1. The normalized spacial score (nSPS) is 33.8. The molecule has 1 saturated heterocycles. The van der Waals surface area contributed by atoms with Crippen LogP contribution in [-0.4, -0.2) is 50.8 Å². The summed E-state index contributed by atoms with van der Waals surface area (Å²) in [5.74, 6) is 2.54. The van der Waals surface area contributed by atoms with Crippen molar-refractivity contribution in [1.29, 1.82) is 0 Å². The van der Waals surface area contributed by atoms with Gasteiger partial charge < -0.3 is 10.1 Å². The monoisotopic (exact) mass is 282 g/mol. The maximum Gasteiger partial charge on any atom is 0.0491 e. The molecular weight excluding hydrogens is 248 g/mol. The van der Waals surface area contributed by atoms with Crippen LogP contribution >= 0.6 is 0 Å². The highest BCUT2D eigenvalue weighted by Gasteiger charge is 2.35. The third-order valence-corrected chi connectivity index (χ3v) is 5.69. The van der Waals surface area contributed by atoms with E-state index in [9.17, 15) is 0 Å². The minimum absolute atomic E-state index is 0.698. The zero-order chi connectivity index (χ0) is 14.5. The maximum absolute atomic E-state index is 5.32. The molecule has 2 fully saturated rings. The van der Waals surface area contributed by atoms with Gasteiger partial charge in [-0.2, -0.15) is 0 Å². The number of piperidine rings is 1. The molecule has 0 spiro atoms. The lowest BCUT2D eigenvalue weighted by molar-refractivity contribution is 0.0395. The number of likely N-dealkylation sites (tertiary alicyclic amines) is 1. The molecular formula is C17H34N2O. The summed E-state index contributed by atoms with van der Waals surface area (Å²) in [5.41, 5.74) is 0. The Balaban J connectivity index is 1.91. The SMILES string of the molecule is CNC1CCC(C(C)C)CC1N1CCC(COC)CC1. The highest BCUT2D eigenvalue weighted by atomic mass is 16.5.